The standard InChI is InChI=1S/C20H25F2N3OS/c1-3-23-20(25-12-19(26)14-4-7-17(21)8-5-14)24-11-15-6-9-18(22)10-16(15)13-27-2/h4-10,19,26H,3,11-13H2,1-2H3,(H2,23,24,25). The number of hydrogen-bond acceptors (Lipinski definition) is 3. The molecule has 0 saturated heterocycles. The van der Waals surface area contributed by atoms with Gasteiger partial charge in [-0.15, -0.1) is 0 Å². The van der Waals surface area contributed by atoms with E-state index in [4.69, 9.17) is 0 Å². The highest BCUT2D eigenvalue weighted by molar-refractivity contribution is 7.97. The van der Waals surface area contributed by atoms with Gasteiger partial charge < -0.3 is 15.7 Å². The van der Waals surface area contributed by atoms with Crippen LogP contribution >= 0.6 is 11.8 Å². The summed E-state index contributed by atoms with van der Waals surface area (Å²) in [6, 6.07) is 10.5. The molecule has 0 aliphatic rings. The Labute approximate surface area is 163 Å². The summed E-state index contributed by atoms with van der Waals surface area (Å²) in [5.41, 5.74) is 2.51. The molecule has 0 aromatic heterocycles. The predicted molar refractivity (Wildman–Crippen MR) is 108 cm³/mol. The van der Waals surface area contributed by atoms with Gasteiger partial charge in [-0.3, -0.25) is 0 Å². The fourth-order valence-electron chi connectivity index (χ4n) is 2.54. The molecule has 0 bridgehead atoms. The van der Waals surface area contributed by atoms with Gasteiger partial charge >= 0.3 is 0 Å². The van der Waals surface area contributed by atoms with Crippen molar-refractivity contribution in [3.05, 3.63) is 70.8 Å². The molecule has 2 rings (SSSR count). The van der Waals surface area contributed by atoms with E-state index in [-0.39, 0.29) is 18.2 Å². The summed E-state index contributed by atoms with van der Waals surface area (Å²) in [4.78, 5) is 4.53. The molecule has 1 atom stereocenters. The molecule has 0 aliphatic heterocycles. The lowest BCUT2D eigenvalue weighted by atomic mass is 10.1. The Morgan fingerprint density at radius 1 is 1.07 bits per heavy atom. The van der Waals surface area contributed by atoms with Crippen LogP contribution in [-0.2, 0) is 12.3 Å². The Hall–Kier alpha value is -2.12. The van der Waals surface area contributed by atoms with Gasteiger partial charge in [0.25, 0.3) is 0 Å². The second-order valence-corrected chi connectivity index (χ2v) is 6.86. The van der Waals surface area contributed by atoms with E-state index in [1.54, 1.807) is 36.0 Å². The smallest absolute Gasteiger partial charge is 0.191 e. The molecule has 4 nitrogen and oxygen atoms in total. The molecule has 146 valence electrons. The molecule has 7 heteroatoms. The van der Waals surface area contributed by atoms with Gasteiger partial charge in [-0.05, 0) is 54.1 Å². The largest absolute Gasteiger partial charge is 0.387 e. The van der Waals surface area contributed by atoms with Crippen LogP contribution in [0.25, 0.3) is 0 Å². The molecule has 0 fully saturated rings. The van der Waals surface area contributed by atoms with Gasteiger partial charge in [0.2, 0.25) is 0 Å². The third-order valence-electron chi connectivity index (χ3n) is 3.94. The zero-order chi connectivity index (χ0) is 19.6. The number of rotatable bonds is 8. The monoisotopic (exact) mass is 393 g/mol. The summed E-state index contributed by atoms with van der Waals surface area (Å²) in [6.45, 7) is 3.25. The summed E-state index contributed by atoms with van der Waals surface area (Å²) in [5.74, 6) is 0.682. The number of thioether (sulfide) groups is 1. The van der Waals surface area contributed by atoms with Crippen LogP contribution < -0.4 is 10.6 Å². The lowest BCUT2D eigenvalue weighted by molar-refractivity contribution is 0.180. The molecular formula is C20H25F2N3OS. The quantitative estimate of drug-likeness (QED) is 0.474. The summed E-state index contributed by atoms with van der Waals surface area (Å²) in [6.07, 6.45) is 1.19. The lowest BCUT2D eigenvalue weighted by Gasteiger charge is -2.16. The maximum atomic E-state index is 13.5. The van der Waals surface area contributed by atoms with Crippen molar-refractivity contribution in [1.82, 2.24) is 10.6 Å². The summed E-state index contributed by atoms with van der Waals surface area (Å²) in [7, 11) is 0. The average Bonchev–Trinajstić information content (AvgIpc) is 2.65. The predicted octanol–water partition coefficient (Wildman–Crippen LogP) is 3.62. The Morgan fingerprint density at radius 3 is 2.44 bits per heavy atom. The number of aliphatic hydroxyl groups is 1. The number of guanidine groups is 1. The van der Waals surface area contributed by atoms with E-state index in [0.29, 0.717) is 24.6 Å². The first kappa shape index (κ1) is 21.2. The van der Waals surface area contributed by atoms with Crippen LogP contribution in [0.15, 0.2) is 47.5 Å². The minimum absolute atomic E-state index is 0.235. The fraction of sp³-hybridized carbons (Fsp3) is 0.350. The zero-order valence-electron chi connectivity index (χ0n) is 15.5. The first-order chi connectivity index (χ1) is 13.0. The minimum Gasteiger partial charge on any atom is -0.387 e. The van der Waals surface area contributed by atoms with Crippen molar-refractivity contribution in [3.63, 3.8) is 0 Å². The lowest BCUT2D eigenvalue weighted by Crippen LogP contribution is -2.39. The number of nitrogens with zero attached hydrogens (tertiary/aromatic N) is 1. The average molecular weight is 394 g/mol. The van der Waals surface area contributed by atoms with Gasteiger partial charge in [-0.25, -0.2) is 13.8 Å². The molecular weight excluding hydrogens is 368 g/mol. The summed E-state index contributed by atoms with van der Waals surface area (Å²) < 4.78 is 26.5. The molecule has 2 aromatic carbocycles. The number of halogens is 2. The number of aliphatic imine (C=N–C) groups is 1. The normalized spacial score (nSPS) is 12.7. The molecule has 0 radical (unpaired) electrons. The van der Waals surface area contributed by atoms with Crippen LogP contribution in [0.3, 0.4) is 0 Å². The Bertz CT molecular complexity index is 753. The molecule has 0 saturated carbocycles. The highest BCUT2D eigenvalue weighted by Crippen LogP contribution is 2.17. The molecule has 0 aliphatic carbocycles. The number of aliphatic hydroxyl groups excluding tert-OH is 1. The summed E-state index contributed by atoms with van der Waals surface area (Å²) >= 11 is 1.63. The molecule has 3 N–H and O–H groups in total. The van der Waals surface area contributed by atoms with Crippen LogP contribution in [0.2, 0.25) is 0 Å². The van der Waals surface area contributed by atoms with Crippen molar-refractivity contribution >= 4 is 17.7 Å². The van der Waals surface area contributed by atoms with Gasteiger partial charge in [-0.2, -0.15) is 11.8 Å². The molecule has 27 heavy (non-hydrogen) atoms. The van der Waals surface area contributed by atoms with Gasteiger partial charge in [-0.1, -0.05) is 18.2 Å². The molecule has 0 heterocycles. The molecule has 1 unspecified atom stereocenters. The number of nitrogens with one attached hydrogen (secondary N) is 2. The Morgan fingerprint density at radius 2 is 1.78 bits per heavy atom. The van der Waals surface area contributed by atoms with Crippen molar-refractivity contribution in [2.45, 2.75) is 25.3 Å². The van der Waals surface area contributed by atoms with Crippen LogP contribution in [0.5, 0.6) is 0 Å². The van der Waals surface area contributed by atoms with E-state index in [0.717, 1.165) is 16.9 Å². The number of hydrogen-bond donors (Lipinski definition) is 3. The first-order valence-electron chi connectivity index (χ1n) is 8.75. The fourth-order valence-corrected chi connectivity index (χ4v) is 3.12. The highest BCUT2D eigenvalue weighted by atomic mass is 32.2. The van der Waals surface area contributed by atoms with Crippen LogP contribution in [-0.4, -0.2) is 30.4 Å². The van der Waals surface area contributed by atoms with Crippen molar-refractivity contribution in [2.24, 2.45) is 4.99 Å². The van der Waals surface area contributed by atoms with Crippen LogP contribution in [0.4, 0.5) is 8.78 Å². The van der Waals surface area contributed by atoms with Gasteiger partial charge in [0, 0.05) is 18.8 Å². The molecule has 0 amide bonds. The second kappa shape index (κ2) is 10.9. The zero-order valence-corrected chi connectivity index (χ0v) is 16.3. The SMILES string of the molecule is CCNC(=NCc1ccc(F)cc1CSC)NCC(O)c1ccc(F)cc1. The van der Waals surface area contributed by atoms with E-state index >= 15 is 0 Å². The summed E-state index contributed by atoms with van der Waals surface area (Å²) in [5, 5.41) is 16.4. The highest BCUT2D eigenvalue weighted by Gasteiger charge is 2.09. The topological polar surface area (TPSA) is 56.7 Å². The third-order valence-corrected chi connectivity index (χ3v) is 4.54. The van der Waals surface area contributed by atoms with Crippen LogP contribution in [0, 0.1) is 11.6 Å². The molecule has 2 aromatic rings. The van der Waals surface area contributed by atoms with E-state index in [1.165, 1.54) is 18.2 Å². The molecule has 0 spiro atoms. The van der Waals surface area contributed by atoms with Crippen molar-refractivity contribution < 1.29 is 13.9 Å². The third kappa shape index (κ3) is 6.84. The van der Waals surface area contributed by atoms with E-state index in [1.807, 2.05) is 13.2 Å². The van der Waals surface area contributed by atoms with Crippen molar-refractivity contribution in [1.29, 1.82) is 0 Å². The van der Waals surface area contributed by atoms with Crippen molar-refractivity contribution in [3.8, 4) is 0 Å². The van der Waals surface area contributed by atoms with E-state index < -0.39 is 6.10 Å². The van der Waals surface area contributed by atoms with E-state index in [9.17, 15) is 13.9 Å². The number of benzene rings is 2. The first-order valence-corrected chi connectivity index (χ1v) is 10.1. The van der Waals surface area contributed by atoms with Gasteiger partial charge in [0.15, 0.2) is 5.96 Å². The van der Waals surface area contributed by atoms with Crippen molar-refractivity contribution in [2.75, 3.05) is 19.3 Å². The maximum absolute atomic E-state index is 13.5. The Kier molecular flexibility index (Phi) is 8.54. The van der Waals surface area contributed by atoms with Gasteiger partial charge in [0.1, 0.15) is 11.6 Å². The van der Waals surface area contributed by atoms with Crippen LogP contribution in [0.1, 0.15) is 29.7 Å². The minimum atomic E-state index is -0.785. The van der Waals surface area contributed by atoms with Gasteiger partial charge in [0.05, 0.1) is 12.6 Å². The second-order valence-electron chi connectivity index (χ2n) is 5.99. The Balaban J connectivity index is 2.02. The van der Waals surface area contributed by atoms with E-state index in [2.05, 4.69) is 15.6 Å². The maximum Gasteiger partial charge on any atom is 0.191 e.